The van der Waals surface area contributed by atoms with E-state index in [-0.39, 0.29) is 0 Å². The van der Waals surface area contributed by atoms with Crippen molar-refractivity contribution in [3.8, 4) is 5.75 Å². The van der Waals surface area contributed by atoms with Crippen molar-refractivity contribution in [3.63, 3.8) is 0 Å². The Bertz CT molecular complexity index is 701. The van der Waals surface area contributed by atoms with Gasteiger partial charge in [-0.05, 0) is 15.9 Å². The number of rotatable bonds is 2. The molecule has 0 bridgehead atoms. The van der Waals surface area contributed by atoms with Crippen LogP contribution < -0.4 is 4.65 Å². The molecule has 5 heteroatoms. The van der Waals surface area contributed by atoms with Gasteiger partial charge in [0.2, 0.25) is 0 Å². The molecule has 3 aromatic rings. The molecule has 0 radical (unpaired) electrons. The molecular formula is C14H10BBrO3. The van der Waals surface area contributed by atoms with Crippen molar-refractivity contribution in [2.75, 3.05) is 0 Å². The fourth-order valence-electron chi connectivity index (χ4n) is 2.27. The maximum Gasteiger partial charge on any atom is 0.707 e. The van der Waals surface area contributed by atoms with Gasteiger partial charge in [0.1, 0.15) is 5.75 Å². The molecule has 0 saturated heterocycles. The van der Waals surface area contributed by atoms with Gasteiger partial charge in [0.05, 0.1) is 0 Å². The summed E-state index contributed by atoms with van der Waals surface area (Å²) in [6, 6.07) is 15.3. The first-order valence-electron chi connectivity index (χ1n) is 5.80. The van der Waals surface area contributed by atoms with Crippen LogP contribution in [0.1, 0.15) is 0 Å². The van der Waals surface area contributed by atoms with Gasteiger partial charge in [-0.1, -0.05) is 48.5 Å². The Balaban J connectivity index is 2.49. The highest BCUT2D eigenvalue weighted by molar-refractivity contribution is 9.10. The third kappa shape index (κ3) is 2.10. The summed E-state index contributed by atoms with van der Waals surface area (Å²) in [4.78, 5) is 0. The van der Waals surface area contributed by atoms with E-state index >= 15 is 0 Å². The van der Waals surface area contributed by atoms with Crippen LogP contribution in [0, 0.1) is 0 Å². The molecule has 0 atom stereocenters. The molecule has 2 N–H and O–H groups in total. The third-order valence-electron chi connectivity index (χ3n) is 3.04. The molecule has 3 aromatic carbocycles. The largest absolute Gasteiger partial charge is 0.707 e. The first kappa shape index (κ1) is 12.5. The normalized spacial score (nSPS) is 10.9. The van der Waals surface area contributed by atoms with Crippen LogP contribution in [0.25, 0.3) is 21.5 Å². The van der Waals surface area contributed by atoms with Crippen LogP contribution in [-0.2, 0) is 0 Å². The average molecular weight is 317 g/mol. The summed E-state index contributed by atoms with van der Waals surface area (Å²) in [7, 11) is -1.84. The Hall–Kier alpha value is -1.56. The van der Waals surface area contributed by atoms with Gasteiger partial charge in [-0.2, -0.15) is 0 Å². The molecule has 0 aliphatic heterocycles. The van der Waals surface area contributed by atoms with Crippen molar-refractivity contribution in [2.45, 2.75) is 0 Å². The fraction of sp³-hybridized carbons (Fsp3) is 0. The van der Waals surface area contributed by atoms with Crippen LogP contribution in [-0.4, -0.2) is 17.4 Å². The van der Waals surface area contributed by atoms with Gasteiger partial charge in [0.25, 0.3) is 0 Å². The zero-order chi connectivity index (χ0) is 13.4. The van der Waals surface area contributed by atoms with E-state index in [4.69, 9.17) is 14.7 Å². The molecule has 0 aromatic heterocycles. The molecule has 0 heterocycles. The van der Waals surface area contributed by atoms with E-state index in [0.717, 1.165) is 26.0 Å². The second-order valence-corrected chi connectivity index (χ2v) is 4.97. The zero-order valence-corrected chi connectivity index (χ0v) is 11.5. The molecule has 3 nitrogen and oxygen atoms in total. The zero-order valence-electron chi connectivity index (χ0n) is 9.88. The van der Waals surface area contributed by atoms with E-state index in [9.17, 15) is 0 Å². The van der Waals surface area contributed by atoms with Crippen molar-refractivity contribution in [3.05, 3.63) is 53.0 Å². The quantitative estimate of drug-likeness (QED) is 0.564. The van der Waals surface area contributed by atoms with Gasteiger partial charge >= 0.3 is 7.32 Å². The van der Waals surface area contributed by atoms with E-state index in [1.807, 2.05) is 48.5 Å². The lowest BCUT2D eigenvalue weighted by atomic mass is 10.0. The number of fused-ring (bicyclic) bond motifs is 2. The summed E-state index contributed by atoms with van der Waals surface area (Å²) in [5.41, 5.74) is 0. The van der Waals surface area contributed by atoms with E-state index in [2.05, 4.69) is 15.9 Å². The van der Waals surface area contributed by atoms with E-state index in [1.165, 1.54) is 0 Å². The summed E-state index contributed by atoms with van der Waals surface area (Å²) in [5.74, 6) is 0.476. The molecular weight excluding hydrogens is 307 g/mol. The van der Waals surface area contributed by atoms with Gasteiger partial charge in [-0.25, -0.2) is 0 Å². The van der Waals surface area contributed by atoms with Crippen molar-refractivity contribution in [1.82, 2.24) is 0 Å². The van der Waals surface area contributed by atoms with Gasteiger partial charge in [0.15, 0.2) is 0 Å². The third-order valence-corrected chi connectivity index (χ3v) is 3.89. The second-order valence-electron chi connectivity index (χ2n) is 4.18. The molecule has 3 rings (SSSR count). The molecule has 0 saturated carbocycles. The van der Waals surface area contributed by atoms with Gasteiger partial charge in [0, 0.05) is 26.0 Å². The Kier molecular flexibility index (Phi) is 3.18. The minimum atomic E-state index is -1.84. The van der Waals surface area contributed by atoms with Crippen LogP contribution in [0.2, 0.25) is 0 Å². The predicted octanol–water partition coefficient (Wildman–Crippen LogP) is 3.10. The lowest BCUT2D eigenvalue weighted by molar-refractivity contribution is 0.291. The average Bonchev–Trinajstić information content (AvgIpc) is 2.43. The van der Waals surface area contributed by atoms with Crippen LogP contribution >= 0.6 is 15.9 Å². The number of benzene rings is 3. The molecule has 0 aliphatic carbocycles. The van der Waals surface area contributed by atoms with Crippen molar-refractivity contribution < 1.29 is 14.7 Å². The molecule has 0 aliphatic rings. The topological polar surface area (TPSA) is 49.7 Å². The minimum Gasteiger partial charge on any atom is -0.511 e. The number of halogens is 1. The first-order chi connectivity index (χ1) is 9.18. The second kappa shape index (κ2) is 4.85. The summed E-state index contributed by atoms with van der Waals surface area (Å²) in [5, 5.41) is 21.8. The highest BCUT2D eigenvalue weighted by atomic mass is 79.9. The Morgan fingerprint density at radius 2 is 1.21 bits per heavy atom. The number of hydrogen-bond donors (Lipinski definition) is 2. The Morgan fingerprint density at radius 3 is 1.63 bits per heavy atom. The molecule has 0 spiro atoms. The summed E-state index contributed by atoms with van der Waals surface area (Å²) in [6.45, 7) is 0. The van der Waals surface area contributed by atoms with Gasteiger partial charge < -0.3 is 14.7 Å². The Labute approximate surface area is 118 Å². The Morgan fingerprint density at radius 1 is 0.789 bits per heavy atom. The summed E-state index contributed by atoms with van der Waals surface area (Å²) >= 11 is 3.60. The SMILES string of the molecule is OB(O)Oc1c2ccccc2c(Br)c2ccccc12. The van der Waals surface area contributed by atoms with E-state index < -0.39 is 7.32 Å². The van der Waals surface area contributed by atoms with Gasteiger partial charge in [-0.3, -0.25) is 0 Å². The summed E-state index contributed by atoms with van der Waals surface area (Å²) in [6.07, 6.45) is 0. The lowest BCUT2D eigenvalue weighted by Crippen LogP contribution is -2.20. The van der Waals surface area contributed by atoms with Crippen molar-refractivity contribution in [2.24, 2.45) is 0 Å². The van der Waals surface area contributed by atoms with Crippen LogP contribution in [0.15, 0.2) is 53.0 Å². The highest BCUT2D eigenvalue weighted by Crippen LogP contribution is 2.40. The minimum absolute atomic E-state index is 0.476. The highest BCUT2D eigenvalue weighted by Gasteiger charge is 2.18. The van der Waals surface area contributed by atoms with Crippen LogP contribution in [0.5, 0.6) is 5.75 Å². The van der Waals surface area contributed by atoms with Crippen LogP contribution in [0.4, 0.5) is 0 Å². The lowest BCUT2D eigenvalue weighted by Gasteiger charge is -2.14. The van der Waals surface area contributed by atoms with Crippen molar-refractivity contribution >= 4 is 44.8 Å². The maximum atomic E-state index is 9.12. The maximum absolute atomic E-state index is 9.12. The molecule has 19 heavy (non-hydrogen) atoms. The molecule has 94 valence electrons. The standard InChI is InChI=1S/C14H10BBrO3/c16-13-9-5-1-3-7-11(9)14(19-15(17)18)12-8-4-2-6-10(12)13/h1-8,17-18H. The monoisotopic (exact) mass is 316 g/mol. The van der Waals surface area contributed by atoms with Crippen molar-refractivity contribution in [1.29, 1.82) is 0 Å². The van der Waals surface area contributed by atoms with E-state index in [0.29, 0.717) is 5.75 Å². The first-order valence-corrected chi connectivity index (χ1v) is 6.59. The van der Waals surface area contributed by atoms with Crippen LogP contribution in [0.3, 0.4) is 0 Å². The van der Waals surface area contributed by atoms with E-state index in [1.54, 1.807) is 0 Å². The molecule has 0 amide bonds. The molecule has 0 unspecified atom stereocenters. The molecule has 0 fully saturated rings. The van der Waals surface area contributed by atoms with Gasteiger partial charge in [-0.15, -0.1) is 0 Å². The predicted molar refractivity (Wildman–Crippen MR) is 80.0 cm³/mol. The fourth-order valence-corrected chi connectivity index (χ4v) is 2.96. The number of hydrogen-bond acceptors (Lipinski definition) is 3. The smallest absolute Gasteiger partial charge is 0.511 e. The summed E-state index contributed by atoms with van der Waals surface area (Å²) < 4.78 is 6.16.